The van der Waals surface area contributed by atoms with E-state index in [0.29, 0.717) is 12.3 Å². The molecule has 0 unspecified atom stereocenters. The summed E-state index contributed by atoms with van der Waals surface area (Å²) in [5.41, 5.74) is 6.22. The summed E-state index contributed by atoms with van der Waals surface area (Å²) in [5, 5.41) is 0. The summed E-state index contributed by atoms with van der Waals surface area (Å²) in [6, 6.07) is 6.61. The molecule has 2 N–H and O–H groups in total. The Balaban J connectivity index is 2.44. The second-order valence-electron chi connectivity index (χ2n) is 2.77. The van der Waals surface area contributed by atoms with E-state index >= 15 is 0 Å². The van der Waals surface area contributed by atoms with Crippen molar-refractivity contribution in [2.45, 2.75) is 0 Å². The van der Waals surface area contributed by atoms with Crippen molar-refractivity contribution in [2.75, 3.05) is 26.1 Å². The van der Waals surface area contributed by atoms with Crippen molar-refractivity contribution in [2.24, 2.45) is 0 Å². The quantitative estimate of drug-likeness (QED) is 0.340. The van der Waals surface area contributed by atoms with Crippen molar-refractivity contribution in [3.05, 3.63) is 29.8 Å². The Hall–Kier alpha value is -1.59. The summed E-state index contributed by atoms with van der Waals surface area (Å²) in [5.74, 6) is -0.607. The van der Waals surface area contributed by atoms with Crippen molar-refractivity contribution >= 4 is 11.7 Å². The molecule has 0 aliphatic heterocycles. The SMILES string of the molecule is COCCOOC(=O)c1ccccc1N. The predicted octanol–water partition coefficient (Wildman–Crippen LogP) is 1.00. The van der Waals surface area contributed by atoms with Crippen molar-refractivity contribution in [3.8, 4) is 0 Å². The standard InChI is InChI=1S/C10H13NO4/c1-13-6-7-14-15-10(12)8-4-2-3-5-9(8)11/h2-5H,6-7,11H2,1H3. The van der Waals surface area contributed by atoms with Gasteiger partial charge in [0, 0.05) is 12.8 Å². The van der Waals surface area contributed by atoms with Gasteiger partial charge in [0.1, 0.15) is 6.61 Å². The van der Waals surface area contributed by atoms with Crippen LogP contribution in [0.5, 0.6) is 0 Å². The van der Waals surface area contributed by atoms with Crippen LogP contribution < -0.4 is 5.73 Å². The van der Waals surface area contributed by atoms with Gasteiger partial charge in [0.2, 0.25) is 0 Å². The molecule has 0 bridgehead atoms. The average molecular weight is 211 g/mol. The van der Waals surface area contributed by atoms with Gasteiger partial charge in [-0.3, -0.25) is 4.89 Å². The van der Waals surface area contributed by atoms with Gasteiger partial charge in [-0.05, 0) is 12.1 Å². The molecule has 0 atom stereocenters. The minimum atomic E-state index is -0.607. The molecule has 0 saturated carbocycles. The normalized spacial score (nSPS) is 9.93. The predicted molar refractivity (Wildman–Crippen MR) is 54.1 cm³/mol. The topological polar surface area (TPSA) is 70.8 Å². The van der Waals surface area contributed by atoms with Crippen LogP contribution in [-0.2, 0) is 14.5 Å². The molecule has 0 fully saturated rings. The monoisotopic (exact) mass is 211 g/mol. The third kappa shape index (κ3) is 3.57. The minimum Gasteiger partial charge on any atom is -0.398 e. The number of ether oxygens (including phenoxy) is 1. The summed E-state index contributed by atoms with van der Waals surface area (Å²) >= 11 is 0. The Bertz CT molecular complexity index is 327. The van der Waals surface area contributed by atoms with Crippen LogP contribution in [0.1, 0.15) is 10.4 Å². The molecule has 0 radical (unpaired) electrons. The van der Waals surface area contributed by atoms with Crippen LogP contribution in [0.3, 0.4) is 0 Å². The first kappa shape index (κ1) is 11.5. The smallest absolute Gasteiger partial charge is 0.375 e. The van der Waals surface area contributed by atoms with E-state index in [1.807, 2.05) is 0 Å². The van der Waals surface area contributed by atoms with Gasteiger partial charge in [-0.15, -0.1) is 0 Å². The number of rotatable bonds is 5. The highest BCUT2D eigenvalue weighted by molar-refractivity contribution is 5.94. The van der Waals surface area contributed by atoms with E-state index in [2.05, 4.69) is 9.78 Å². The molecule has 0 aliphatic carbocycles. The third-order valence-electron chi connectivity index (χ3n) is 1.69. The lowest BCUT2D eigenvalue weighted by Crippen LogP contribution is -2.11. The summed E-state index contributed by atoms with van der Waals surface area (Å²) < 4.78 is 4.71. The number of carbonyl (C=O) groups is 1. The maximum absolute atomic E-state index is 11.4. The Morgan fingerprint density at radius 2 is 2.07 bits per heavy atom. The third-order valence-corrected chi connectivity index (χ3v) is 1.69. The Labute approximate surface area is 87.7 Å². The highest BCUT2D eigenvalue weighted by atomic mass is 17.2. The first-order valence-electron chi connectivity index (χ1n) is 4.43. The second kappa shape index (κ2) is 6.00. The van der Waals surface area contributed by atoms with Gasteiger partial charge in [-0.1, -0.05) is 12.1 Å². The lowest BCUT2D eigenvalue weighted by atomic mass is 10.2. The van der Waals surface area contributed by atoms with Crippen LogP contribution >= 0.6 is 0 Å². The fourth-order valence-corrected chi connectivity index (χ4v) is 0.940. The molecule has 0 amide bonds. The molecule has 1 aromatic rings. The van der Waals surface area contributed by atoms with E-state index in [1.54, 1.807) is 24.3 Å². The van der Waals surface area contributed by atoms with Gasteiger partial charge in [-0.2, -0.15) is 4.89 Å². The van der Waals surface area contributed by atoms with Gasteiger partial charge in [0.05, 0.1) is 12.2 Å². The van der Waals surface area contributed by atoms with Crippen molar-refractivity contribution in [1.82, 2.24) is 0 Å². The fourth-order valence-electron chi connectivity index (χ4n) is 0.940. The van der Waals surface area contributed by atoms with E-state index < -0.39 is 5.97 Å². The number of benzene rings is 1. The van der Waals surface area contributed by atoms with Crippen LogP contribution in [-0.4, -0.2) is 26.3 Å². The van der Waals surface area contributed by atoms with E-state index in [-0.39, 0.29) is 12.2 Å². The fraction of sp³-hybridized carbons (Fsp3) is 0.300. The maximum Gasteiger partial charge on any atom is 0.375 e. The zero-order valence-corrected chi connectivity index (χ0v) is 8.43. The molecule has 5 heteroatoms. The number of anilines is 1. The van der Waals surface area contributed by atoms with Gasteiger partial charge in [-0.25, -0.2) is 4.79 Å². The van der Waals surface area contributed by atoms with Crippen LogP contribution in [0.2, 0.25) is 0 Å². The first-order chi connectivity index (χ1) is 7.25. The Kier molecular flexibility index (Phi) is 4.59. The van der Waals surface area contributed by atoms with Gasteiger partial charge < -0.3 is 10.5 Å². The number of carbonyl (C=O) groups excluding carboxylic acids is 1. The number of methoxy groups -OCH3 is 1. The highest BCUT2D eigenvalue weighted by Crippen LogP contribution is 2.11. The van der Waals surface area contributed by atoms with Crippen LogP contribution in [0.4, 0.5) is 5.69 Å². The van der Waals surface area contributed by atoms with E-state index in [4.69, 9.17) is 10.5 Å². The van der Waals surface area contributed by atoms with Gasteiger partial charge in [0.25, 0.3) is 0 Å². The lowest BCUT2D eigenvalue weighted by molar-refractivity contribution is -0.246. The number of para-hydroxylation sites is 1. The van der Waals surface area contributed by atoms with E-state index in [0.717, 1.165) is 0 Å². The molecular weight excluding hydrogens is 198 g/mol. The summed E-state index contributed by atoms with van der Waals surface area (Å²) in [4.78, 5) is 20.5. The molecule has 0 heterocycles. The molecule has 0 aliphatic rings. The molecule has 15 heavy (non-hydrogen) atoms. The van der Waals surface area contributed by atoms with E-state index in [1.165, 1.54) is 7.11 Å². The van der Waals surface area contributed by atoms with Gasteiger partial charge in [0.15, 0.2) is 0 Å². The van der Waals surface area contributed by atoms with Gasteiger partial charge >= 0.3 is 5.97 Å². The summed E-state index contributed by atoms with van der Waals surface area (Å²) in [6.45, 7) is 0.548. The molecule has 1 aromatic carbocycles. The second-order valence-corrected chi connectivity index (χ2v) is 2.77. The molecule has 0 saturated heterocycles. The molecule has 0 spiro atoms. The highest BCUT2D eigenvalue weighted by Gasteiger charge is 2.10. The summed E-state index contributed by atoms with van der Waals surface area (Å²) in [7, 11) is 1.53. The zero-order chi connectivity index (χ0) is 11.1. The molecule has 82 valence electrons. The Morgan fingerprint density at radius 1 is 1.33 bits per heavy atom. The molecular formula is C10H13NO4. The molecule has 5 nitrogen and oxygen atoms in total. The van der Waals surface area contributed by atoms with Crippen molar-refractivity contribution < 1.29 is 19.3 Å². The zero-order valence-electron chi connectivity index (χ0n) is 8.43. The number of hydrogen-bond acceptors (Lipinski definition) is 5. The van der Waals surface area contributed by atoms with Crippen molar-refractivity contribution in [3.63, 3.8) is 0 Å². The van der Waals surface area contributed by atoms with Crippen LogP contribution in [0, 0.1) is 0 Å². The number of nitrogen functional groups attached to an aromatic ring is 1. The number of hydrogen-bond donors (Lipinski definition) is 1. The molecule has 1 rings (SSSR count). The van der Waals surface area contributed by atoms with E-state index in [9.17, 15) is 4.79 Å². The maximum atomic E-state index is 11.4. The van der Waals surface area contributed by atoms with Crippen LogP contribution in [0.15, 0.2) is 24.3 Å². The minimum absolute atomic E-state index is 0.189. The average Bonchev–Trinajstić information content (AvgIpc) is 2.25. The van der Waals surface area contributed by atoms with Crippen LogP contribution in [0.25, 0.3) is 0 Å². The lowest BCUT2D eigenvalue weighted by Gasteiger charge is -2.04. The summed E-state index contributed by atoms with van der Waals surface area (Å²) in [6.07, 6.45) is 0. The Morgan fingerprint density at radius 3 is 2.73 bits per heavy atom. The number of nitrogens with two attached hydrogens (primary N) is 1. The largest absolute Gasteiger partial charge is 0.398 e. The van der Waals surface area contributed by atoms with Crippen molar-refractivity contribution in [1.29, 1.82) is 0 Å². The molecule has 0 aromatic heterocycles. The first-order valence-corrected chi connectivity index (χ1v) is 4.43.